The fraction of sp³-hybridized carbons (Fsp3) is 0.300. The van der Waals surface area contributed by atoms with E-state index in [-0.39, 0.29) is 17.4 Å². The standard InChI is InChI=1S/C10H9NO5/c12-10(13)7-2-1-3-8(9(7)11(14)15)16-6-4-5-6/h1-3,6H,4-5H2,(H,12,13). The molecule has 1 aromatic carbocycles. The number of nitrogens with zero attached hydrogens (tertiary/aromatic N) is 1. The lowest BCUT2D eigenvalue weighted by atomic mass is 10.1. The molecule has 0 amide bonds. The van der Waals surface area contributed by atoms with Crippen LogP contribution in [0, 0.1) is 10.1 Å². The summed E-state index contributed by atoms with van der Waals surface area (Å²) < 4.78 is 5.30. The van der Waals surface area contributed by atoms with E-state index in [4.69, 9.17) is 9.84 Å². The highest BCUT2D eigenvalue weighted by Gasteiger charge is 2.30. The number of nitro benzene ring substituents is 1. The Labute approximate surface area is 90.6 Å². The Morgan fingerprint density at radius 1 is 1.50 bits per heavy atom. The summed E-state index contributed by atoms with van der Waals surface area (Å²) >= 11 is 0. The molecule has 0 radical (unpaired) electrons. The molecule has 1 fully saturated rings. The second kappa shape index (κ2) is 3.80. The molecule has 0 atom stereocenters. The zero-order valence-electron chi connectivity index (χ0n) is 8.25. The van der Waals surface area contributed by atoms with Crippen LogP contribution >= 0.6 is 0 Å². The normalized spacial score (nSPS) is 14.5. The molecule has 1 aliphatic carbocycles. The molecule has 1 aromatic rings. The maximum Gasteiger partial charge on any atom is 0.342 e. The summed E-state index contributed by atoms with van der Waals surface area (Å²) in [6, 6.07) is 4.05. The van der Waals surface area contributed by atoms with E-state index in [1.807, 2.05) is 0 Å². The molecule has 0 spiro atoms. The van der Waals surface area contributed by atoms with Crippen LogP contribution in [0.3, 0.4) is 0 Å². The summed E-state index contributed by atoms with van der Waals surface area (Å²) in [5.74, 6) is -1.29. The molecular weight excluding hydrogens is 214 g/mol. The van der Waals surface area contributed by atoms with Gasteiger partial charge in [0.2, 0.25) is 0 Å². The smallest absolute Gasteiger partial charge is 0.342 e. The van der Waals surface area contributed by atoms with Crippen molar-refractivity contribution < 1.29 is 19.6 Å². The first kappa shape index (κ1) is 10.4. The first-order valence-corrected chi connectivity index (χ1v) is 4.77. The van der Waals surface area contributed by atoms with E-state index in [9.17, 15) is 14.9 Å². The average Bonchev–Trinajstić information content (AvgIpc) is 3.00. The van der Waals surface area contributed by atoms with Crippen LogP contribution in [-0.2, 0) is 0 Å². The third kappa shape index (κ3) is 1.95. The van der Waals surface area contributed by atoms with Gasteiger partial charge in [0.05, 0.1) is 11.0 Å². The highest BCUT2D eigenvalue weighted by atomic mass is 16.6. The summed E-state index contributed by atoms with van der Waals surface area (Å²) in [6.45, 7) is 0. The van der Waals surface area contributed by atoms with Gasteiger partial charge in [-0.25, -0.2) is 4.79 Å². The van der Waals surface area contributed by atoms with E-state index in [0.717, 1.165) is 12.8 Å². The van der Waals surface area contributed by atoms with E-state index >= 15 is 0 Å². The lowest BCUT2D eigenvalue weighted by molar-refractivity contribution is -0.386. The first-order chi connectivity index (χ1) is 7.59. The molecule has 6 nitrogen and oxygen atoms in total. The van der Waals surface area contributed by atoms with Gasteiger partial charge >= 0.3 is 11.7 Å². The summed E-state index contributed by atoms with van der Waals surface area (Å²) in [5.41, 5.74) is -0.815. The third-order valence-corrected chi connectivity index (χ3v) is 2.23. The van der Waals surface area contributed by atoms with Gasteiger partial charge in [0.25, 0.3) is 0 Å². The number of hydrogen-bond donors (Lipinski definition) is 1. The van der Waals surface area contributed by atoms with Crippen molar-refractivity contribution in [3.63, 3.8) is 0 Å². The van der Waals surface area contributed by atoms with Gasteiger partial charge in [0.15, 0.2) is 5.75 Å². The quantitative estimate of drug-likeness (QED) is 0.621. The zero-order valence-corrected chi connectivity index (χ0v) is 8.25. The Balaban J connectivity index is 2.45. The number of carbonyl (C=O) groups is 1. The van der Waals surface area contributed by atoms with Gasteiger partial charge < -0.3 is 9.84 Å². The minimum atomic E-state index is -1.33. The van der Waals surface area contributed by atoms with Crippen molar-refractivity contribution >= 4 is 11.7 Å². The molecule has 2 rings (SSSR count). The van der Waals surface area contributed by atoms with Crippen molar-refractivity contribution in [3.05, 3.63) is 33.9 Å². The minimum absolute atomic E-state index is 0.0113. The van der Waals surface area contributed by atoms with Gasteiger partial charge in [0.1, 0.15) is 5.56 Å². The lowest BCUT2D eigenvalue weighted by Crippen LogP contribution is -2.06. The fourth-order valence-corrected chi connectivity index (χ4v) is 1.34. The molecule has 0 heterocycles. The number of carboxylic acid groups (broad SMARTS) is 1. The maximum atomic E-state index is 10.8. The van der Waals surface area contributed by atoms with Crippen molar-refractivity contribution in [2.75, 3.05) is 0 Å². The van der Waals surface area contributed by atoms with Crippen LogP contribution in [0.5, 0.6) is 5.75 Å². The molecule has 0 aromatic heterocycles. The van der Waals surface area contributed by atoms with Crippen LogP contribution in [0.1, 0.15) is 23.2 Å². The van der Waals surface area contributed by atoms with E-state index in [2.05, 4.69) is 0 Å². The Kier molecular flexibility index (Phi) is 2.47. The Hall–Kier alpha value is -2.11. The molecule has 0 aliphatic heterocycles. The predicted molar refractivity (Wildman–Crippen MR) is 53.7 cm³/mol. The molecule has 0 saturated heterocycles. The van der Waals surface area contributed by atoms with Crippen molar-refractivity contribution in [2.45, 2.75) is 18.9 Å². The number of para-hydroxylation sites is 1. The molecular formula is C10H9NO5. The number of carboxylic acids is 1. The number of hydrogen-bond acceptors (Lipinski definition) is 4. The lowest BCUT2D eigenvalue weighted by Gasteiger charge is -2.06. The summed E-state index contributed by atoms with van der Waals surface area (Å²) in [7, 11) is 0. The number of nitro groups is 1. The van der Waals surface area contributed by atoms with Crippen molar-refractivity contribution in [2.24, 2.45) is 0 Å². The SMILES string of the molecule is O=C(O)c1cccc(OC2CC2)c1[N+](=O)[O-]. The molecule has 16 heavy (non-hydrogen) atoms. The van der Waals surface area contributed by atoms with Crippen LogP contribution in [0.2, 0.25) is 0 Å². The fourth-order valence-electron chi connectivity index (χ4n) is 1.34. The second-order valence-corrected chi connectivity index (χ2v) is 3.53. The summed E-state index contributed by atoms with van der Waals surface area (Å²) in [4.78, 5) is 20.9. The third-order valence-electron chi connectivity index (χ3n) is 2.23. The topological polar surface area (TPSA) is 89.7 Å². The van der Waals surface area contributed by atoms with Crippen LogP contribution in [0.4, 0.5) is 5.69 Å². The highest BCUT2D eigenvalue weighted by Crippen LogP contribution is 2.35. The number of ether oxygens (including phenoxy) is 1. The first-order valence-electron chi connectivity index (χ1n) is 4.77. The van der Waals surface area contributed by atoms with E-state index in [1.165, 1.54) is 18.2 Å². The van der Waals surface area contributed by atoms with E-state index in [0.29, 0.717) is 0 Å². The second-order valence-electron chi connectivity index (χ2n) is 3.53. The van der Waals surface area contributed by atoms with Gasteiger partial charge in [-0.15, -0.1) is 0 Å². The van der Waals surface area contributed by atoms with Crippen molar-refractivity contribution in [1.29, 1.82) is 0 Å². The van der Waals surface area contributed by atoms with Crippen LogP contribution in [0.25, 0.3) is 0 Å². The van der Waals surface area contributed by atoms with Crippen molar-refractivity contribution in [1.82, 2.24) is 0 Å². The maximum absolute atomic E-state index is 10.8. The zero-order chi connectivity index (χ0) is 11.7. The van der Waals surface area contributed by atoms with Gasteiger partial charge in [-0.2, -0.15) is 0 Å². The molecule has 0 unspecified atom stereocenters. The van der Waals surface area contributed by atoms with Crippen LogP contribution in [-0.4, -0.2) is 22.1 Å². The van der Waals surface area contributed by atoms with E-state index in [1.54, 1.807) is 0 Å². The highest BCUT2D eigenvalue weighted by molar-refractivity contribution is 5.93. The van der Waals surface area contributed by atoms with Crippen LogP contribution < -0.4 is 4.74 Å². The molecule has 1 N–H and O–H groups in total. The van der Waals surface area contributed by atoms with Gasteiger partial charge in [-0.1, -0.05) is 6.07 Å². The average molecular weight is 223 g/mol. The van der Waals surface area contributed by atoms with Gasteiger partial charge in [-0.3, -0.25) is 10.1 Å². The molecule has 0 bridgehead atoms. The molecule has 1 saturated carbocycles. The van der Waals surface area contributed by atoms with Gasteiger partial charge in [0, 0.05) is 0 Å². The predicted octanol–water partition coefficient (Wildman–Crippen LogP) is 1.83. The monoisotopic (exact) mass is 223 g/mol. The van der Waals surface area contributed by atoms with E-state index < -0.39 is 16.6 Å². The van der Waals surface area contributed by atoms with Gasteiger partial charge in [-0.05, 0) is 25.0 Å². The largest absolute Gasteiger partial charge is 0.483 e. The summed E-state index contributed by atoms with van der Waals surface area (Å²) in [6.07, 6.45) is 1.70. The molecule has 6 heteroatoms. The Morgan fingerprint density at radius 2 is 2.19 bits per heavy atom. The number of aromatic carboxylic acids is 1. The van der Waals surface area contributed by atoms with Crippen LogP contribution in [0.15, 0.2) is 18.2 Å². The molecule has 1 aliphatic rings. The molecule has 84 valence electrons. The Bertz CT molecular complexity index is 453. The Morgan fingerprint density at radius 3 is 2.69 bits per heavy atom. The number of benzene rings is 1. The minimum Gasteiger partial charge on any atom is -0.483 e. The summed E-state index contributed by atoms with van der Waals surface area (Å²) in [5, 5.41) is 19.6. The number of rotatable bonds is 4. The van der Waals surface area contributed by atoms with Crippen molar-refractivity contribution in [3.8, 4) is 5.75 Å².